The predicted octanol–water partition coefficient (Wildman–Crippen LogP) is 4.67. The first-order chi connectivity index (χ1) is 53.2. The van der Waals surface area contributed by atoms with Crippen molar-refractivity contribution in [2.24, 2.45) is 5.14 Å². The van der Waals surface area contributed by atoms with Crippen LogP contribution in [0.1, 0.15) is 63.1 Å². The van der Waals surface area contributed by atoms with Gasteiger partial charge in [-0.25, -0.2) is 18.4 Å². The first kappa shape index (κ1) is 85.4. The minimum atomic E-state index is -4.31. The summed E-state index contributed by atoms with van der Waals surface area (Å²) in [6.45, 7) is 29.6. The van der Waals surface area contributed by atoms with Gasteiger partial charge in [0, 0.05) is 11.1 Å². The second kappa shape index (κ2) is 38.9. The number of hydrogen-bond donors (Lipinski definition) is 10. The molecule has 0 unspecified atom stereocenters. The summed E-state index contributed by atoms with van der Waals surface area (Å²) >= 11 is 7.51. The first-order valence-electron chi connectivity index (χ1n) is 32.5. The number of aromatic amines is 6. The van der Waals surface area contributed by atoms with E-state index in [0.29, 0.717) is 96.7 Å². The number of allylic oxidation sites excluding steroid dienone is 1. The van der Waals surface area contributed by atoms with E-state index in [1.54, 1.807) is 73.9 Å². The summed E-state index contributed by atoms with van der Waals surface area (Å²) in [4.78, 5) is 96.1. The summed E-state index contributed by atoms with van der Waals surface area (Å²) < 4.78 is 77.3. The number of aromatic nitrogens is 6. The molecule has 0 aliphatic heterocycles. The Kier molecular flexibility index (Phi) is 29.7. The Bertz CT molecular complexity index is 6900. The number of phenols is 1. The Hall–Kier alpha value is -12.2. The lowest BCUT2D eigenvalue weighted by Gasteiger charge is -2.11. The van der Waals surface area contributed by atoms with Gasteiger partial charge in [-0.3, -0.25) is 33.3 Å². The van der Waals surface area contributed by atoms with Gasteiger partial charge in [-0.2, -0.15) is 8.42 Å². The number of carbonyl (C=O) groups is 1. The number of aromatic hydroxyl groups is 1. The number of nitrogens with two attached hydrogens (primary N) is 1. The molecule has 0 saturated carbocycles. The maximum absolute atomic E-state index is 11.9. The van der Waals surface area contributed by atoms with Crippen molar-refractivity contribution < 1.29 is 50.6 Å². The molecule has 0 spiro atoms. The molecule has 0 amide bonds. The van der Waals surface area contributed by atoms with Crippen LogP contribution in [0.2, 0.25) is 0 Å². The van der Waals surface area contributed by atoms with E-state index in [9.17, 15) is 55.5 Å². The fourth-order valence-electron chi connectivity index (χ4n) is 10.1. The third kappa shape index (κ3) is 23.4. The highest BCUT2D eigenvalue weighted by atomic mass is 32.2. The van der Waals surface area contributed by atoms with Crippen molar-refractivity contribution in [3.8, 4) is 28.7 Å². The minimum Gasteiger partial charge on any atom is -0.504 e. The molecule has 0 aliphatic rings. The van der Waals surface area contributed by atoms with Crippen LogP contribution in [0.5, 0.6) is 28.7 Å². The highest BCUT2D eigenvalue weighted by molar-refractivity contribution is 7.89. The molecule has 0 bridgehead atoms. The second-order valence-electron chi connectivity index (χ2n) is 23.1. The van der Waals surface area contributed by atoms with Crippen molar-refractivity contribution in [1.29, 1.82) is 0 Å². The van der Waals surface area contributed by atoms with E-state index >= 15 is 0 Å². The number of ether oxygens (including phenoxy) is 3. The summed E-state index contributed by atoms with van der Waals surface area (Å²) in [5.74, 6) is 1.39. The molecule has 13 rings (SSSR count). The van der Waals surface area contributed by atoms with Crippen LogP contribution < -0.4 is 108 Å². The number of carboxylic acid groups (broad SMARTS) is 1. The van der Waals surface area contributed by atoms with Crippen LogP contribution in [0, 0.1) is 0 Å². The number of hydrogen-bond acceptors (Lipinski definition) is 21. The van der Waals surface area contributed by atoms with Gasteiger partial charge in [0.25, 0.3) is 43.5 Å². The van der Waals surface area contributed by atoms with Crippen molar-refractivity contribution >= 4 is 169 Å². The molecule has 0 radical (unpaired) electrons. The summed E-state index contributed by atoms with van der Waals surface area (Å²) in [5, 5.41) is 24.2. The molecule has 13 aromatic rings. The number of para-hydroxylation sites is 3. The van der Waals surface area contributed by atoms with Crippen molar-refractivity contribution in [1.82, 2.24) is 29.9 Å². The average Bonchev–Trinajstić information content (AvgIpc) is 1.16. The van der Waals surface area contributed by atoms with E-state index in [-0.39, 0.29) is 60.0 Å². The lowest BCUT2D eigenvalue weighted by atomic mass is 10.0. The number of methoxy groups -OCH3 is 2. The standard InChI is InChI=1S/C18H15NO3S.C16H17NO3S.C12H9NO3S.C12H11NOS.C11H10N2O3S2.C11H9NO4S2/c1-12-19-18(20)17(23-12)11-13-7-3-4-8-14(13)22-16-10-6-5-9-15(16)21-2;1-5-6-11-7-12(8-13(20-4)14(11)18)9(2)15-16(19)17-10(3)21-15;1-7-13-11(14)10(17-7)6-8-4-2-3-5-9(8)12(15)16;1-8(10-6-4-3-5-7-10)11-12(14)13-9(2)15-11;1-7-13-11(14)9(17-7)6-8-4-2-3-5-10(8)18(12,15)16;1-7-12-11(13)9(17-7)6-8-4-2-3-5-10(8)18(14,15)16/h3-11H,1H2,2H3,(H,19,20);5,7-8,18H,1,3,6H2,2,4H3,(H,17,19);2-6H,1H2,(H,13,14)(H,15,16);3-7H,2H2,1H3,(H,13,14);2-6H,1H2,(H,13,14)(H2,12,15,16);2-6H,1H2,(H,12,13)(H,14,15,16)/b17-11-;15-9-;10-6-;11-8-;2*9-6-. The van der Waals surface area contributed by atoms with Crippen molar-refractivity contribution in [3.63, 3.8) is 0 Å². The number of aromatic carboxylic acids is 1. The van der Waals surface area contributed by atoms with E-state index in [2.05, 4.69) is 76.0 Å². The molecule has 0 atom stereocenters. The van der Waals surface area contributed by atoms with E-state index in [1.165, 1.54) is 94.9 Å². The molecule has 32 heteroatoms. The molecule has 24 nitrogen and oxygen atoms in total. The Morgan fingerprint density at radius 1 is 0.446 bits per heavy atom. The zero-order valence-electron chi connectivity index (χ0n) is 60.0. The summed E-state index contributed by atoms with van der Waals surface area (Å²) in [5.41, 5.74) is 5.32. The molecule has 11 N–H and O–H groups in total. The molecular weight excluding hydrogens is 1590 g/mol. The van der Waals surface area contributed by atoms with Gasteiger partial charge in [-0.1, -0.05) is 161 Å². The molecule has 0 fully saturated rings. The number of rotatable bonds is 15. The van der Waals surface area contributed by atoms with Crippen LogP contribution in [0.3, 0.4) is 0 Å². The number of primary sulfonamides is 1. The molecule has 576 valence electrons. The van der Waals surface area contributed by atoms with Gasteiger partial charge in [-0.15, -0.1) is 74.6 Å². The van der Waals surface area contributed by atoms with Crippen LogP contribution in [-0.4, -0.2) is 81.7 Å². The number of benzene rings is 7. The fraction of sp³-hybridized carbons (Fsp3) is 0.0625. The molecule has 6 aromatic heterocycles. The van der Waals surface area contributed by atoms with Crippen molar-refractivity contribution in [2.45, 2.75) is 30.1 Å². The maximum atomic E-state index is 11.9. The lowest BCUT2D eigenvalue weighted by molar-refractivity contribution is 0.0696. The van der Waals surface area contributed by atoms with Crippen molar-refractivity contribution in [2.75, 3.05) is 14.2 Å². The number of nitrogens with one attached hydrogen (secondary N) is 6. The maximum Gasteiger partial charge on any atom is 0.336 e. The summed E-state index contributed by atoms with van der Waals surface area (Å²) in [7, 11) is -5.03. The quantitative estimate of drug-likeness (QED) is 0.0492. The third-order valence-corrected chi connectivity index (χ3v) is 22.7. The third-order valence-electron chi connectivity index (χ3n) is 15.2. The number of phenolic OH excluding ortho intramolecular Hbond substituents is 1. The zero-order valence-corrected chi connectivity index (χ0v) is 66.6. The van der Waals surface area contributed by atoms with Gasteiger partial charge >= 0.3 is 5.97 Å². The van der Waals surface area contributed by atoms with Crippen LogP contribution in [0.4, 0.5) is 0 Å². The largest absolute Gasteiger partial charge is 0.504 e. The molecule has 6 heterocycles. The van der Waals surface area contributed by atoms with Gasteiger partial charge in [0.2, 0.25) is 10.0 Å². The number of sulfonamides is 1. The number of thiazole rings is 6. The Balaban J connectivity index is 0.000000169. The molecule has 112 heavy (non-hydrogen) atoms. The van der Waals surface area contributed by atoms with E-state index in [1.807, 2.05) is 98.8 Å². The topological polar surface area (TPSA) is 397 Å². The van der Waals surface area contributed by atoms with Crippen molar-refractivity contribution in [3.05, 3.63) is 338 Å². The summed E-state index contributed by atoms with van der Waals surface area (Å²) in [6, 6.07) is 47.0. The van der Waals surface area contributed by atoms with Crippen LogP contribution >= 0.6 is 68.0 Å². The lowest BCUT2D eigenvalue weighted by Crippen LogP contribution is -2.22. The van der Waals surface area contributed by atoms with Gasteiger partial charge < -0.3 is 54.3 Å². The van der Waals surface area contributed by atoms with Crippen LogP contribution in [-0.2, 0) is 26.6 Å². The first-order valence-corrected chi connectivity index (χ1v) is 40.4. The molecule has 0 aliphatic carbocycles. The Morgan fingerprint density at radius 3 is 1.21 bits per heavy atom. The molecule has 0 saturated heterocycles. The number of H-pyrrole nitrogens is 6. The van der Waals surface area contributed by atoms with Gasteiger partial charge in [0.05, 0.1) is 79.8 Å². The van der Waals surface area contributed by atoms with Crippen LogP contribution in [0.25, 0.3) is 74.9 Å². The monoisotopic (exact) mass is 1660 g/mol. The highest BCUT2D eigenvalue weighted by Gasteiger charge is 2.17. The van der Waals surface area contributed by atoms with Gasteiger partial charge in [0.15, 0.2) is 23.0 Å². The normalized spacial score (nSPS) is 12.2. The minimum absolute atomic E-state index is 0.0107. The smallest absolute Gasteiger partial charge is 0.336 e. The van der Waals surface area contributed by atoms with E-state index in [4.69, 9.17) is 29.0 Å². The predicted molar refractivity (Wildman–Crippen MR) is 451 cm³/mol. The fourth-order valence-corrected chi connectivity index (χ4v) is 16.1. The zero-order chi connectivity index (χ0) is 81.7. The Labute approximate surface area is 660 Å². The van der Waals surface area contributed by atoms with E-state index in [0.717, 1.165) is 55.0 Å². The average molecular weight is 1660 g/mol. The van der Waals surface area contributed by atoms with Crippen LogP contribution in [0.15, 0.2) is 215 Å². The molecular formula is C80H71N7O17S8. The van der Waals surface area contributed by atoms with Gasteiger partial charge in [0.1, 0.15) is 10.6 Å². The second-order valence-corrected chi connectivity index (χ2v) is 32.8. The summed E-state index contributed by atoms with van der Waals surface area (Å²) in [6.07, 6.45) is 8.47. The number of carboxylic acids is 1. The van der Waals surface area contributed by atoms with Gasteiger partial charge in [-0.05, 0) is 132 Å². The molecule has 7 aromatic carbocycles. The highest BCUT2D eigenvalue weighted by Crippen LogP contribution is 2.35. The Morgan fingerprint density at radius 2 is 0.804 bits per heavy atom. The van der Waals surface area contributed by atoms with E-state index < -0.39 is 26.1 Å². The SMILES string of the molecule is C=CCc1cc(/C(C)=c2\sc(=C)[nH]c2=O)cc(OC)c1O.C=c1[nH]c(=O)/c(=C(\C)c2ccccc2)s1.C=c1[nH]c(=O)/c(=C/c2ccccc2C(=O)O)s1.C=c1[nH]c(=O)/c(=C/c2ccccc2Oc2ccccc2OC)s1.C=c1[nH]c(=O)/c(=C/c2ccccc2S(=O)(=O)O)s1.C=c1[nH]c(=O)/c(=C/c2ccccc2S(N)(=O)=O)s1.